The second kappa shape index (κ2) is 11.8. The molecule has 4 rings (SSSR count). The van der Waals surface area contributed by atoms with Crippen LogP contribution in [0.4, 0.5) is 17.6 Å². The maximum atomic E-state index is 14.9. The van der Waals surface area contributed by atoms with Crippen LogP contribution in [0.1, 0.15) is 54.4 Å². The summed E-state index contributed by atoms with van der Waals surface area (Å²) in [6.07, 6.45) is 3.68. The van der Waals surface area contributed by atoms with Gasteiger partial charge in [0.2, 0.25) is 11.6 Å². The highest BCUT2D eigenvalue weighted by molar-refractivity contribution is 5.91. The lowest BCUT2D eigenvalue weighted by Gasteiger charge is -2.30. The van der Waals surface area contributed by atoms with Crippen molar-refractivity contribution in [3.8, 4) is 22.6 Å². The van der Waals surface area contributed by atoms with E-state index in [1.54, 1.807) is 6.92 Å². The van der Waals surface area contributed by atoms with Gasteiger partial charge in [-0.2, -0.15) is 8.78 Å². The highest BCUT2D eigenvalue weighted by Gasteiger charge is 2.29. The Morgan fingerprint density at radius 3 is 2.18 bits per heavy atom. The third-order valence-corrected chi connectivity index (χ3v) is 7.01. The summed E-state index contributed by atoms with van der Waals surface area (Å²) in [7, 11) is 0. The Labute approximate surface area is 218 Å². The molecule has 0 aromatic heterocycles. The van der Waals surface area contributed by atoms with Crippen molar-refractivity contribution in [1.82, 2.24) is 0 Å². The molecule has 0 heterocycles. The van der Waals surface area contributed by atoms with Crippen molar-refractivity contribution in [3.63, 3.8) is 0 Å². The van der Waals surface area contributed by atoms with Crippen LogP contribution in [-0.4, -0.2) is 23.8 Å². The van der Waals surface area contributed by atoms with Gasteiger partial charge < -0.3 is 14.6 Å². The highest BCUT2D eigenvalue weighted by atomic mass is 19.2. The molecule has 1 unspecified atom stereocenters. The molecule has 38 heavy (non-hydrogen) atoms. The van der Waals surface area contributed by atoms with Gasteiger partial charge in [0.25, 0.3) is 0 Å². The molecule has 0 bridgehead atoms. The van der Waals surface area contributed by atoms with Crippen LogP contribution in [0.15, 0.2) is 61.2 Å². The Hall–Kier alpha value is -3.65. The number of hydrogen-bond donors (Lipinski definition) is 1. The van der Waals surface area contributed by atoms with E-state index >= 15 is 0 Å². The molecule has 8 heteroatoms. The van der Waals surface area contributed by atoms with Crippen molar-refractivity contribution in [2.24, 2.45) is 5.92 Å². The van der Waals surface area contributed by atoms with Crippen LogP contribution in [0.25, 0.3) is 11.1 Å². The molecule has 1 saturated carbocycles. The normalized spacial score (nSPS) is 18.1. The van der Waals surface area contributed by atoms with Crippen molar-refractivity contribution in [2.45, 2.75) is 44.6 Å². The summed E-state index contributed by atoms with van der Waals surface area (Å²) in [5.74, 6) is -6.31. The fourth-order valence-electron chi connectivity index (χ4n) is 4.81. The molecule has 1 atom stereocenters. The number of esters is 1. The maximum Gasteiger partial charge on any atom is 0.343 e. The van der Waals surface area contributed by atoms with E-state index < -0.39 is 41.1 Å². The number of carbonyl (C=O) groups excluding carboxylic acids is 1. The first-order valence-corrected chi connectivity index (χ1v) is 12.4. The first-order chi connectivity index (χ1) is 18.2. The van der Waals surface area contributed by atoms with Crippen LogP contribution in [0.5, 0.6) is 11.5 Å². The van der Waals surface area contributed by atoms with E-state index in [0.717, 1.165) is 12.8 Å². The standard InChI is InChI=1S/C30H28F4O4/c1-3-16-37-24-14-12-22(26(31)28(24)33)20-8-10-21(11-9-20)30(36)38-25-15-13-23(27(32)29(25)34)19-6-4-18(5-7-19)17(2)35/h3,8-15,17-19,35H,1,4-7,16H2,2H3. The second-order valence-corrected chi connectivity index (χ2v) is 9.44. The van der Waals surface area contributed by atoms with Crippen molar-refractivity contribution in [1.29, 1.82) is 0 Å². The monoisotopic (exact) mass is 528 g/mol. The fourth-order valence-corrected chi connectivity index (χ4v) is 4.81. The van der Waals surface area contributed by atoms with Gasteiger partial charge in [-0.05, 0) is 85.9 Å². The lowest BCUT2D eigenvalue weighted by Crippen LogP contribution is -2.23. The molecular formula is C30H28F4O4. The van der Waals surface area contributed by atoms with Crippen LogP contribution >= 0.6 is 0 Å². The van der Waals surface area contributed by atoms with Crippen molar-refractivity contribution >= 4 is 5.97 Å². The number of ether oxygens (including phenoxy) is 2. The van der Waals surface area contributed by atoms with E-state index in [0.29, 0.717) is 18.4 Å². The van der Waals surface area contributed by atoms with E-state index in [1.807, 2.05) is 0 Å². The lowest BCUT2D eigenvalue weighted by molar-refractivity contribution is 0.0726. The maximum absolute atomic E-state index is 14.9. The summed E-state index contributed by atoms with van der Waals surface area (Å²) in [4.78, 5) is 12.6. The number of benzene rings is 3. The molecule has 200 valence electrons. The summed E-state index contributed by atoms with van der Waals surface area (Å²) < 4.78 is 68.7. The fraction of sp³-hybridized carbons (Fsp3) is 0.300. The second-order valence-electron chi connectivity index (χ2n) is 9.44. The Balaban J connectivity index is 1.46. The van der Waals surface area contributed by atoms with Crippen molar-refractivity contribution < 1.29 is 36.9 Å². The number of aliphatic hydroxyl groups excluding tert-OH is 1. The first-order valence-electron chi connectivity index (χ1n) is 12.4. The van der Waals surface area contributed by atoms with Gasteiger partial charge in [0, 0.05) is 5.56 Å². The van der Waals surface area contributed by atoms with Crippen molar-refractivity contribution in [3.05, 3.63) is 95.6 Å². The van der Waals surface area contributed by atoms with Gasteiger partial charge >= 0.3 is 5.97 Å². The summed E-state index contributed by atoms with van der Waals surface area (Å²) in [5, 5.41) is 9.76. The number of halogens is 4. The molecule has 1 aliphatic carbocycles. The molecule has 1 aliphatic rings. The summed E-state index contributed by atoms with van der Waals surface area (Å²) in [6.45, 7) is 5.21. The van der Waals surface area contributed by atoms with E-state index in [2.05, 4.69) is 6.58 Å². The topological polar surface area (TPSA) is 55.8 Å². The highest BCUT2D eigenvalue weighted by Crippen LogP contribution is 2.39. The first kappa shape index (κ1) is 27.4. The van der Waals surface area contributed by atoms with Gasteiger partial charge in [-0.15, -0.1) is 0 Å². The third kappa shape index (κ3) is 5.75. The predicted molar refractivity (Wildman–Crippen MR) is 135 cm³/mol. The Morgan fingerprint density at radius 1 is 0.921 bits per heavy atom. The molecule has 0 aliphatic heterocycles. The van der Waals surface area contributed by atoms with Crippen LogP contribution in [0.3, 0.4) is 0 Å². The zero-order chi connectivity index (χ0) is 27.4. The van der Waals surface area contributed by atoms with E-state index in [9.17, 15) is 27.5 Å². The summed E-state index contributed by atoms with van der Waals surface area (Å²) >= 11 is 0. The molecule has 0 saturated heterocycles. The van der Waals surface area contributed by atoms with Gasteiger partial charge in [0.05, 0.1) is 11.7 Å². The van der Waals surface area contributed by atoms with Crippen LogP contribution in [-0.2, 0) is 0 Å². The van der Waals surface area contributed by atoms with E-state index in [-0.39, 0.29) is 40.9 Å². The average Bonchev–Trinajstić information content (AvgIpc) is 2.92. The van der Waals surface area contributed by atoms with Gasteiger partial charge in [-0.1, -0.05) is 30.9 Å². The largest absolute Gasteiger partial charge is 0.486 e. The number of aliphatic hydroxyl groups is 1. The molecule has 3 aromatic carbocycles. The van der Waals surface area contributed by atoms with Crippen LogP contribution in [0, 0.1) is 29.2 Å². The zero-order valence-corrected chi connectivity index (χ0v) is 20.9. The van der Waals surface area contributed by atoms with Gasteiger partial charge in [0.15, 0.2) is 23.1 Å². The van der Waals surface area contributed by atoms with Gasteiger partial charge in [0.1, 0.15) is 6.61 Å². The minimum absolute atomic E-state index is 0.0147. The molecular weight excluding hydrogens is 500 g/mol. The van der Waals surface area contributed by atoms with Crippen LogP contribution < -0.4 is 9.47 Å². The summed E-state index contributed by atoms with van der Waals surface area (Å²) in [5.41, 5.74) is 0.492. The van der Waals surface area contributed by atoms with E-state index in [4.69, 9.17) is 9.47 Å². The Bertz CT molecular complexity index is 1310. The van der Waals surface area contributed by atoms with Gasteiger partial charge in [-0.25, -0.2) is 13.6 Å². The molecule has 1 fully saturated rings. The molecule has 4 nitrogen and oxygen atoms in total. The Kier molecular flexibility index (Phi) is 8.52. The quantitative estimate of drug-likeness (QED) is 0.144. The lowest BCUT2D eigenvalue weighted by atomic mass is 9.77. The minimum atomic E-state index is -1.25. The molecule has 0 radical (unpaired) electrons. The predicted octanol–water partition coefficient (Wildman–Crippen LogP) is 7.35. The molecule has 3 aromatic rings. The average molecular weight is 529 g/mol. The number of carbonyl (C=O) groups is 1. The number of rotatable bonds is 8. The smallest absolute Gasteiger partial charge is 0.343 e. The van der Waals surface area contributed by atoms with Gasteiger partial charge in [-0.3, -0.25) is 0 Å². The SMILES string of the molecule is C=CCOc1ccc(-c2ccc(C(=O)Oc3ccc(C4CCC(C(C)O)CC4)c(F)c3F)cc2)c(F)c1F. The van der Waals surface area contributed by atoms with E-state index in [1.165, 1.54) is 54.6 Å². The van der Waals surface area contributed by atoms with Crippen LogP contribution in [0.2, 0.25) is 0 Å². The molecule has 1 N–H and O–H groups in total. The zero-order valence-electron chi connectivity index (χ0n) is 20.9. The third-order valence-electron chi connectivity index (χ3n) is 7.01. The van der Waals surface area contributed by atoms with Crippen molar-refractivity contribution in [2.75, 3.05) is 6.61 Å². The minimum Gasteiger partial charge on any atom is -0.486 e. The summed E-state index contributed by atoms with van der Waals surface area (Å²) in [6, 6.07) is 10.7. The number of hydrogen-bond acceptors (Lipinski definition) is 4. The molecule has 0 amide bonds. The molecule has 0 spiro atoms. The Morgan fingerprint density at radius 2 is 1.55 bits per heavy atom.